The van der Waals surface area contributed by atoms with Crippen LogP contribution in [0, 0.1) is 0 Å². The van der Waals surface area contributed by atoms with Crippen LogP contribution in [0.15, 0.2) is 17.1 Å². The molecule has 1 aliphatic heterocycles. The van der Waals surface area contributed by atoms with Gasteiger partial charge in [-0.1, -0.05) is 6.08 Å². The van der Waals surface area contributed by atoms with Crippen molar-refractivity contribution >= 4 is 11.6 Å². The summed E-state index contributed by atoms with van der Waals surface area (Å²) in [5, 5.41) is 0. The number of nitrogens with zero attached hydrogens (tertiary/aromatic N) is 1. The number of dihydropyridines is 1. The number of amides is 1. The molecule has 0 fully saturated rings. The Morgan fingerprint density at radius 2 is 2.44 bits per heavy atom. The number of rotatable bonds is 0. The highest BCUT2D eigenvalue weighted by atomic mass is 16.1. The fraction of sp³-hybridized carbons (Fsp3) is 0.333. The zero-order chi connectivity index (χ0) is 6.85. The summed E-state index contributed by atoms with van der Waals surface area (Å²) < 4.78 is 0. The van der Waals surface area contributed by atoms with Crippen LogP contribution in [0.25, 0.3) is 0 Å². The van der Waals surface area contributed by atoms with E-state index in [1.807, 2.05) is 0 Å². The molecule has 3 nitrogen and oxygen atoms in total. The molecule has 0 aliphatic carbocycles. The molecule has 1 heterocycles. The maximum atomic E-state index is 10.6. The number of carbonyl (C=O) groups excluding carboxylic acids is 1. The average Bonchev–Trinajstić information content (AvgIpc) is 1.80. The van der Waals surface area contributed by atoms with Crippen molar-refractivity contribution in [2.24, 2.45) is 10.7 Å². The molecule has 1 unspecified atom stereocenters. The van der Waals surface area contributed by atoms with Gasteiger partial charge in [-0.3, -0.25) is 4.79 Å². The van der Waals surface area contributed by atoms with E-state index in [9.17, 15) is 4.79 Å². The predicted octanol–water partition coefficient (Wildman–Crippen LogP) is -0.129. The lowest BCUT2D eigenvalue weighted by molar-refractivity contribution is -0.118. The van der Waals surface area contributed by atoms with E-state index in [4.69, 9.17) is 5.73 Å². The Labute approximate surface area is 53.3 Å². The SMILES string of the molecule is CC1=NC(=O)C(N)C=C1. The molecule has 1 amide bonds. The molecule has 48 valence electrons. The van der Waals surface area contributed by atoms with E-state index in [0.29, 0.717) is 0 Å². The van der Waals surface area contributed by atoms with Gasteiger partial charge in [0.05, 0.1) is 0 Å². The summed E-state index contributed by atoms with van der Waals surface area (Å²) in [6.07, 6.45) is 3.39. The molecule has 3 heteroatoms. The summed E-state index contributed by atoms with van der Waals surface area (Å²) in [4.78, 5) is 14.3. The zero-order valence-corrected chi connectivity index (χ0v) is 5.16. The highest BCUT2D eigenvalue weighted by Crippen LogP contribution is 1.96. The molecule has 1 aliphatic rings. The first-order valence-corrected chi connectivity index (χ1v) is 2.73. The topological polar surface area (TPSA) is 55.5 Å². The smallest absolute Gasteiger partial charge is 0.266 e. The first-order valence-electron chi connectivity index (χ1n) is 2.73. The molecule has 0 saturated carbocycles. The molecule has 0 radical (unpaired) electrons. The minimum absolute atomic E-state index is 0.255. The van der Waals surface area contributed by atoms with E-state index >= 15 is 0 Å². The van der Waals surface area contributed by atoms with Crippen LogP contribution >= 0.6 is 0 Å². The van der Waals surface area contributed by atoms with Gasteiger partial charge in [-0.15, -0.1) is 0 Å². The van der Waals surface area contributed by atoms with Gasteiger partial charge in [0.25, 0.3) is 5.91 Å². The van der Waals surface area contributed by atoms with Crippen LogP contribution in [0.2, 0.25) is 0 Å². The molecule has 9 heavy (non-hydrogen) atoms. The summed E-state index contributed by atoms with van der Waals surface area (Å²) in [7, 11) is 0. The van der Waals surface area contributed by atoms with Crippen LogP contribution < -0.4 is 5.73 Å². The lowest BCUT2D eigenvalue weighted by Crippen LogP contribution is -2.29. The summed E-state index contributed by atoms with van der Waals surface area (Å²) in [5.41, 5.74) is 6.02. The van der Waals surface area contributed by atoms with E-state index in [1.165, 1.54) is 0 Å². The monoisotopic (exact) mass is 124 g/mol. The molecule has 0 bridgehead atoms. The minimum Gasteiger partial charge on any atom is -0.317 e. The summed E-state index contributed by atoms with van der Waals surface area (Å²) in [6.45, 7) is 1.76. The molecule has 0 aromatic carbocycles. The maximum absolute atomic E-state index is 10.6. The third-order valence-corrected chi connectivity index (χ3v) is 1.12. The van der Waals surface area contributed by atoms with Crippen molar-refractivity contribution in [2.75, 3.05) is 0 Å². The molecule has 1 rings (SSSR count). The van der Waals surface area contributed by atoms with E-state index in [2.05, 4.69) is 4.99 Å². The number of aliphatic imine (C=N–C) groups is 1. The molecular formula is C6H8N2O. The fourth-order valence-electron chi connectivity index (χ4n) is 0.611. The predicted molar refractivity (Wildman–Crippen MR) is 35.2 cm³/mol. The summed E-state index contributed by atoms with van der Waals surface area (Å²) in [5.74, 6) is -0.255. The fourth-order valence-corrected chi connectivity index (χ4v) is 0.611. The Morgan fingerprint density at radius 1 is 1.78 bits per heavy atom. The van der Waals surface area contributed by atoms with Gasteiger partial charge in [0, 0.05) is 5.71 Å². The van der Waals surface area contributed by atoms with Gasteiger partial charge in [-0.2, -0.15) is 0 Å². The Balaban J connectivity index is 2.82. The number of hydrogen-bond acceptors (Lipinski definition) is 2. The largest absolute Gasteiger partial charge is 0.317 e. The molecule has 2 N–H and O–H groups in total. The first-order chi connectivity index (χ1) is 4.20. The average molecular weight is 124 g/mol. The number of carbonyl (C=O) groups is 1. The van der Waals surface area contributed by atoms with E-state index < -0.39 is 6.04 Å². The summed E-state index contributed by atoms with van der Waals surface area (Å²) >= 11 is 0. The van der Waals surface area contributed by atoms with Crippen molar-refractivity contribution in [1.82, 2.24) is 0 Å². The van der Waals surface area contributed by atoms with Gasteiger partial charge in [0.2, 0.25) is 0 Å². The van der Waals surface area contributed by atoms with Crippen LogP contribution in [0.3, 0.4) is 0 Å². The van der Waals surface area contributed by atoms with E-state index in [0.717, 1.165) is 5.71 Å². The van der Waals surface area contributed by atoms with Gasteiger partial charge in [-0.05, 0) is 13.0 Å². The zero-order valence-electron chi connectivity index (χ0n) is 5.16. The van der Waals surface area contributed by atoms with Gasteiger partial charge in [-0.25, -0.2) is 4.99 Å². The molecule has 0 saturated heterocycles. The Kier molecular flexibility index (Phi) is 1.44. The maximum Gasteiger partial charge on any atom is 0.266 e. The molecular weight excluding hydrogens is 116 g/mol. The molecule has 1 atom stereocenters. The normalized spacial score (nSPS) is 26.2. The highest BCUT2D eigenvalue weighted by molar-refractivity contribution is 6.05. The van der Waals surface area contributed by atoms with Crippen LogP contribution in [0.5, 0.6) is 0 Å². The van der Waals surface area contributed by atoms with Crippen LogP contribution in [-0.2, 0) is 4.79 Å². The second kappa shape index (κ2) is 2.11. The van der Waals surface area contributed by atoms with Crippen molar-refractivity contribution in [2.45, 2.75) is 13.0 Å². The van der Waals surface area contributed by atoms with E-state index in [-0.39, 0.29) is 5.91 Å². The van der Waals surface area contributed by atoms with Crippen LogP contribution in [0.1, 0.15) is 6.92 Å². The lowest BCUT2D eigenvalue weighted by atomic mass is 10.2. The standard InChI is InChI=1S/C6H8N2O/c1-4-2-3-5(7)6(9)8-4/h2-3,5H,7H2,1H3. The molecule has 0 aromatic heterocycles. The van der Waals surface area contributed by atoms with Crippen LogP contribution in [-0.4, -0.2) is 17.7 Å². The number of nitrogens with two attached hydrogens (primary N) is 1. The Bertz CT molecular complexity index is 193. The van der Waals surface area contributed by atoms with Crippen molar-refractivity contribution in [3.8, 4) is 0 Å². The second-order valence-corrected chi connectivity index (χ2v) is 1.98. The van der Waals surface area contributed by atoms with Crippen molar-refractivity contribution in [3.63, 3.8) is 0 Å². The van der Waals surface area contributed by atoms with Gasteiger partial charge in [0.15, 0.2) is 0 Å². The van der Waals surface area contributed by atoms with Crippen molar-refractivity contribution in [1.29, 1.82) is 0 Å². The Morgan fingerprint density at radius 3 is 2.89 bits per heavy atom. The third-order valence-electron chi connectivity index (χ3n) is 1.12. The highest BCUT2D eigenvalue weighted by Gasteiger charge is 2.11. The van der Waals surface area contributed by atoms with Crippen LogP contribution in [0.4, 0.5) is 0 Å². The Hall–Kier alpha value is -0.960. The van der Waals surface area contributed by atoms with E-state index in [1.54, 1.807) is 19.1 Å². The van der Waals surface area contributed by atoms with Crippen molar-refractivity contribution in [3.05, 3.63) is 12.2 Å². The number of allylic oxidation sites excluding steroid dienone is 1. The molecule has 0 spiro atoms. The summed E-state index contributed by atoms with van der Waals surface area (Å²) in [6, 6.07) is -0.520. The third kappa shape index (κ3) is 1.23. The second-order valence-electron chi connectivity index (χ2n) is 1.98. The molecule has 0 aromatic rings. The quantitative estimate of drug-likeness (QED) is 0.489. The van der Waals surface area contributed by atoms with Gasteiger partial charge >= 0.3 is 0 Å². The van der Waals surface area contributed by atoms with Gasteiger partial charge < -0.3 is 5.73 Å². The lowest BCUT2D eigenvalue weighted by Gasteiger charge is -2.05. The van der Waals surface area contributed by atoms with Crippen molar-refractivity contribution < 1.29 is 4.79 Å². The van der Waals surface area contributed by atoms with Gasteiger partial charge in [0.1, 0.15) is 6.04 Å². The minimum atomic E-state index is -0.520. The number of hydrogen-bond donors (Lipinski definition) is 1. The first kappa shape index (κ1) is 6.16.